The normalized spacial score (nSPS) is 14.4. The van der Waals surface area contributed by atoms with E-state index in [0.29, 0.717) is 39.3 Å². The average molecular weight is 1080 g/mol. The molecule has 1 aliphatic heterocycles. The highest BCUT2D eigenvalue weighted by molar-refractivity contribution is 5.83. The lowest BCUT2D eigenvalue weighted by Crippen LogP contribution is -2.52. The number of hydrogen-bond donors (Lipinski definition) is 6. The second kappa shape index (κ2) is 49.4. The quantitative estimate of drug-likeness (QED) is 0.0316. The van der Waals surface area contributed by atoms with Crippen LogP contribution < -0.4 is 16.0 Å². The molecule has 1 rings (SSSR count). The first-order valence-corrected chi connectivity index (χ1v) is 30.5. The van der Waals surface area contributed by atoms with Crippen LogP contribution in [0.25, 0.3) is 0 Å². The van der Waals surface area contributed by atoms with E-state index in [-0.39, 0.29) is 58.3 Å². The van der Waals surface area contributed by atoms with Gasteiger partial charge in [0.05, 0.1) is 26.2 Å². The molecule has 1 heterocycles. The van der Waals surface area contributed by atoms with Gasteiger partial charge in [-0.15, -0.1) is 0 Å². The lowest BCUT2D eigenvalue weighted by atomic mass is 10.0. The van der Waals surface area contributed by atoms with Gasteiger partial charge in [0.15, 0.2) is 0 Å². The van der Waals surface area contributed by atoms with Crippen molar-refractivity contribution in [2.24, 2.45) is 0 Å². The SMILES string of the molecule is CCCCCCCCCCCCCCCCCCN(CCCCCCCCCCCCCCCCCC)C(=O)CN1CCN(CC(=O)NCC(=O)O)CCN(CC(=O)NCC(=O)O)CCN(CC(=O)NCC(=O)O)CC1. The Kier molecular flexibility index (Phi) is 45.6. The molecule has 0 spiro atoms. The Morgan fingerprint density at radius 2 is 0.513 bits per heavy atom. The molecule has 1 saturated heterocycles. The Bertz CT molecular complexity index is 1440. The number of nitrogens with one attached hydrogen (secondary N) is 3. The van der Waals surface area contributed by atoms with Crippen molar-refractivity contribution in [3.8, 4) is 0 Å². The molecule has 1 aliphatic rings. The highest BCUT2D eigenvalue weighted by Gasteiger charge is 2.24. The number of hydrogen-bond acceptors (Lipinski definition) is 11. The van der Waals surface area contributed by atoms with E-state index in [1.165, 1.54) is 167 Å². The maximum atomic E-state index is 14.5. The molecule has 0 saturated carbocycles. The predicted octanol–water partition coefficient (Wildman–Crippen LogP) is 8.16. The zero-order valence-corrected chi connectivity index (χ0v) is 48.1. The summed E-state index contributed by atoms with van der Waals surface area (Å²) in [7, 11) is 0. The van der Waals surface area contributed by atoms with Crippen LogP contribution in [0.2, 0.25) is 0 Å². The summed E-state index contributed by atoms with van der Waals surface area (Å²) in [4.78, 5) is 96.4. The number of rotatable bonds is 48. The number of unbranched alkanes of at least 4 members (excludes halogenated alkanes) is 30. The van der Waals surface area contributed by atoms with E-state index in [2.05, 4.69) is 29.8 Å². The summed E-state index contributed by atoms with van der Waals surface area (Å²) in [5, 5.41) is 34.7. The largest absolute Gasteiger partial charge is 0.480 e. The number of carbonyl (C=O) groups excluding carboxylic acids is 4. The van der Waals surface area contributed by atoms with Crippen molar-refractivity contribution in [1.82, 2.24) is 40.4 Å². The minimum Gasteiger partial charge on any atom is -0.480 e. The molecule has 18 heteroatoms. The molecule has 442 valence electrons. The van der Waals surface area contributed by atoms with Crippen LogP contribution in [0.15, 0.2) is 0 Å². The number of nitrogens with zero attached hydrogens (tertiary/aromatic N) is 5. The van der Waals surface area contributed by atoms with Gasteiger partial charge in [-0.25, -0.2) is 0 Å². The summed E-state index contributed by atoms with van der Waals surface area (Å²) >= 11 is 0. The molecule has 0 bridgehead atoms. The van der Waals surface area contributed by atoms with Gasteiger partial charge in [-0.1, -0.05) is 206 Å². The van der Waals surface area contributed by atoms with Gasteiger partial charge >= 0.3 is 17.9 Å². The average Bonchev–Trinajstić information content (AvgIpc) is 3.38. The third kappa shape index (κ3) is 44.1. The van der Waals surface area contributed by atoms with Crippen LogP contribution in [0.3, 0.4) is 0 Å². The molecule has 0 unspecified atom stereocenters. The van der Waals surface area contributed by atoms with Crippen molar-refractivity contribution in [3.05, 3.63) is 0 Å². The third-order valence-corrected chi connectivity index (χ3v) is 14.6. The van der Waals surface area contributed by atoms with Gasteiger partial charge in [0.2, 0.25) is 23.6 Å². The van der Waals surface area contributed by atoms with E-state index in [1.807, 2.05) is 19.6 Å². The summed E-state index contributed by atoms with van der Waals surface area (Å²) in [5.74, 6) is -4.98. The molecule has 0 aromatic carbocycles. The molecule has 0 aromatic heterocycles. The van der Waals surface area contributed by atoms with Crippen LogP contribution in [0.4, 0.5) is 0 Å². The number of aliphatic carboxylic acids is 3. The molecule has 6 N–H and O–H groups in total. The van der Waals surface area contributed by atoms with E-state index in [1.54, 1.807) is 4.90 Å². The van der Waals surface area contributed by atoms with Crippen LogP contribution in [0, 0.1) is 0 Å². The summed E-state index contributed by atoms with van der Waals surface area (Å²) in [6, 6.07) is 0. The Labute approximate surface area is 459 Å². The molecular weight excluding hydrogens is 969 g/mol. The van der Waals surface area contributed by atoms with Gasteiger partial charge < -0.3 is 36.2 Å². The van der Waals surface area contributed by atoms with E-state index >= 15 is 0 Å². The molecule has 1 fully saturated rings. The molecular formula is C58H110N8O10. The second-order valence-corrected chi connectivity index (χ2v) is 21.6. The monoisotopic (exact) mass is 1080 g/mol. The first-order valence-electron chi connectivity index (χ1n) is 30.5. The highest BCUT2D eigenvalue weighted by atomic mass is 16.4. The molecule has 0 atom stereocenters. The van der Waals surface area contributed by atoms with Crippen LogP contribution in [0.1, 0.15) is 219 Å². The fourth-order valence-corrected chi connectivity index (χ4v) is 9.86. The van der Waals surface area contributed by atoms with Gasteiger partial charge in [0, 0.05) is 65.4 Å². The number of carboxylic acid groups (broad SMARTS) is 3. The van der Waals surface area contributed by atoms with Gasteiger partial charge in [0.1, 0.15) is 19.6 Å². The zero-order valence-electron chi connectivity index (χ0n) is 48.1. The molecule has 0 aromatic rings. The summed E-state index contributed by atoms with van der Waals surface area (Å²) in [6.45, 7) is 6.58. The van der Waals surface area contributed by atoms with Crippen LogP contribution in [0.5, 0.6) is 0 Å². The first kappa shape index (κ1) is 70.1. The molecule has 76 heavy (non-hydrogen) atoms. The topological polar surface area (TPSA) is 232 Å². The van der Waals surface area contributed by atoms with Crippen molar-refractivity contribution in [2.45, 2.75) is 219 Å². The summed E-state index contributed by atoms with van der Waals surface area (Å²) in [6.07, 6.45) is 40.9. The van der Waals surface area contributed by atoms with Crippen molar-refractivity contribution >= 4 is 41.5 Å². The minimum absolute atomic E-state index is 0.0315. The van der Waals surface area contributed by atoms with Crippen molar-refractivity contribution < 1.29 is 48.9 Å². The standard InChI is InChI=1S/C58H110N8O10/c1-3-5-7-9-11-13-15-17-19-21-23-25-27-29-31-33-35-66(36-34-32-30-28-26-24-22-20-18-16-14-12-10-8-6-4-2)55(70)51-65-43-41-63(49-53(68)60-46-57(73)74)39-37-62(48-52(67)59-45-56(71)72)38-40-64(42-44-65)50-54(69)61-47-58(75)76/h3-51H2,1-2H3,(H,59,67)(H,60,68)(H,61,69)(H,71,72)(H,73,74)(H,75,76). The van der Waals surface area contributed by atoms with E-state index in [0.717, 1.165) is 38.5 Å². The van der Waals surface area contributed by atoms with Crippen molar-refractivity contribution in [2.75, 3.05) is 111 Å². The number of carbonyl (C=O) groups is 7. The second-order valence-electron chi connectivity index (χ2n) is 21.6. The van der Waals surface area contributed by atoms with E-state index in [9.17, 15) is 43.8 Å². The molecule has 0 radical (unpaired) electrons. The van der Waals surface area contributed by atoms with Gasteiger partial charge in [0.25, 0.3) is 0 Å². The fourth-order valence-electron chi connectivity index (χ4n) is 9.86. The summed E-state index contributed by atoms with van der Waals surface area (Å²) < 4.78 is 0. The van der Waals surface area contributed by atoms with Gasteiger partial charge in [-0.2, -0.15) is 0 Å². The first-order chi connectivity index (χ1) is 36.8. The maximum Gasteiger partial charge on any atom is 0.322 e. The van der Waals surface area contributed by atoms with Crippen LogP contribution >= 0.6 is 0 Å². The minimum atomic E-state index is -1.19. The predicted molar refractivity (Wildman–Crippen MR) is 303 cm³/mol. The fraction of sp³-hybridized carbons (Fsp3) is 0.879. The van der Waals surface area contributed by atoms with E-state index < -0.39 is 55.3 Å². The van der Waals surface area contributed by atoms with Gasteiger partial charge in [-0.05, 0) is 12.8 Å². The zero-order chi connectivity index (χ0) is 55.7. The lowest BCUT2D eigenvalue weighted by Gasteiger charge is -2.34. The van der Waals surface area contributed by atoms with Gasteiger partial charge in [-0.3, -0.25) is 53.2 Å². The third-order valence-electron chi connectivity index (χ3n) is 14.6. The van der Waals surface area contributed by atoms with Crippen LogP contribution in [-0.2, 0) is 33.6 Å². The van der Waals surface area contributed by atoms with Crippen molar-refractivity contribution in [3.63, 3.8) is 0 Å². The lowest BCUT2D eigenvalue weighted by molar-refractivity contribution is -0.138. The van der Waals surface area contributed by atoms with E-state index in [4.69, 9.17) is 5.11 Å². The maximum absolute atomic E-state index is 14.5. The number of carboxylic acids is 3. The summed E-state index contributed by atoms with van der Waals surface area (Å²) in [5.41, 5.74) is 0. The van der Waals surface area contributed by atoms with Crippen molar-refractivity contribution in [1.29, 1.82) is 0 Å². The Morgan fingerprint density at radius 1 is 0.316 bits per heavy atom. The Balaban J connectivity index is 3.03. The number of amides is 4. The Morgan fingerprint density at radius 3 is 0.724 bits per heavy atom. The Hall–Kier alpha value is -3.87. The molecule has 0 aliphatic carbocycles. The molecule has 4 amide bonds. The smallest absolute Gasteiger partial charge is 0.322 e. The molecule has 18 nitrogen and oxygen atoms in total. The highest BCUT2D eigenvalue weighted by Crippen LogP contribution is 2.17. The van der Waals surface area contributed by atoms with Crippen LogP contribution in [-0.4, -0.2) is 193 Å².